The number of morpholine rings is 1. The normalized spacial score (nSPS) is 25.9. The number of nitrogens with zero attached hydrogens (tertiary/aromatic N) is 1. The molecule has 100 valence electrons. The number of sulfonamides is 1. The molecule has 1 heterocycles. The highest BCUT2D eigenvalue weighted by molar-refractivity contribution is 7.88. The van der Waals surface area contributed by atoms with Crippen LogP contribution in [0.3, 0.4) is 0 Å². The van der Waals surface area contributed by atoms with E-state index in [9.17, 15) is 13.2 Å². The largest absolute Gasteiger partial charge is 0.372 e. The van der Waals surface area contributed by atoms with Crippen molar-refractivity contribution in [1.82, 2.24) is 9.62 Å². The van der Waals surface area contributed by atoms with Gasteiger partial charge in [-0.15, -0.1) is 0 Å². The summed E-state index contributed by atoms with van der Waals surface area (Å²) in [7, 11) is -3.22. The third-order valence-electron chi connectivity index (χ3n) is 2.48. The van der Waals surface area contributed by atoms with E-state index in [4.69, 9.17) is 4.74 Å². The summed E-state index contributed by atoms with van der Waals surface area (Å²) in [6.45, 7) is 5.14. The number of nitrogens with one attached hydrogen (secondary N) is 1. The lowest BCUT2D eigenvalue weighted by Gasteiger charge is -2.35. The zero-order chi connectivity index (χ0) is 13.1. The van der Waals surface area contributed by atoms with Crippen LogP contribution in [-0.2, 0) is 19.6 Å². The fourth-order valence-electron chi connectivity index (χ4n) is 1.88. The molecule has 1 N–H and O–H groups in total. The van der Waals surface area contributed by atoms with Crippen molar-refractivity contribution in [3.63, 3.8) is 0 Å². The zero-order valence-electron chi connectivity index (χ0n) is 10.5. The number of ether oxygens (including phenoxy) is 1. The fraction of sp³-hybridized carbons (Fsp3) is 0.900. The summed E-state index contributed by atoms with van der Waals surface area (Å²) in [6, 6.07) is 0. The summed E-state index contributed by atoms with van der Waals surface area (Å²) >= 11 is 0. The van der Waals surface area contributed by atoms with E-state index in [-0.39, 0.29) is 31.1 Å². The number of carbonyl (C=O) groups excluding carboxylic acids is 1. The summed E-state index contributed by atoms with van der Waals surface area (Å²) in [5.74, 6) is -0.0387. The second-order valence-electron chi connectivity index (χ2n) is 4.47. The van der Waals surface area contributed by atoms with Gasteiger partial charge < -0.3 is 9.64 Å². The van der Waals surface area contributed by atoms with Crippen molar-refractivity contribution in [1.29, 1.82) is 0 Å². The Labute approximate surface area is 102 Å². The molecule has 1 aliphatic heterocycles. The van der Waals surface area contributed by atoms with E-state index in [1.54, 1.807) is 4.90 Å². The van der Waals surface area contributed by atoms with Gasteiger partial charge in [0.1, 0.15) is 0 Å². The molecule has 6 nitrogen and oxygen atoms in total. The van der Waals surface area contributed by atoms with Crippen molar-refractivity contribution in [2.24, 2.45) is 0 Å². The molecule has 2 atom stereocenters. The Hall–Kier alpha value is -0.660. The van der Waals surface area contributed by atoms with Crippen LogP contribution in [0, 0.1) is 0 Å². The molecule has 1 aliphatic rings. The Bertz CT molecular complexity index is 359. The van der Waals surface area contributed by atoms with Gasteiger partial charge in [-0.25, -0.2) is 13.1 Å². The highest BCUT2D eigenvalue weighted by Gasteiger charge is 2.25. The molecule has 0 radical (unpaired) electrons. The first-order chi connectivity index (χ1) is 7.78. The van der Waals surface area contributed by atoms with Gasteiger partial charge in [0.15, 0.2) is 0 Å². The predicted molar refractivity (Wildman–Crippen MR) is 64.1 cm³/mol. The molecule has 17 heavy (non-hydrogen) atoms. The second kappa shape index (κ2) is 5.79. The van der Waals surface area contributed by atoms with E-state index >= 15 is 0 Å². The highest BCUT2D eigenvalue weighted by Crippen LogP contribution is 2.11. The van der Waals surface area contributed by atoms with Gasteiger partial charge in [-0.2, -0.15) is 0 Å². The molecule has 1 rings (SSSR count). The van der Waals surface area contributed by atoms with Crippen LogP contribution in [0.4, 0.5) is 0 Å². The van der Waals surface area contributed by atoms with Crippen LogP contribution in [0.2, 0.25) is 0 Å². The monoisotopic (exact) mass is 264 g/mol. The number of hydrogen-bond acceptors (Lipinski definition) is 4. The molecular formula is C10H20N2O4S. The van der Waals surface area contributed by atoms with E-state index in [0.29, 0.717) is 13.1 Å². The average molecular weight is 264 g/mol. The number of carbonyl (C=O) groups is 1. The lowest BCUT2D eigenvalue weighted by atomic mass is 10.2. The minimum Gasteiger partial charge on any atom is -0.372 e. The highest BCUT2D eigenvalue weighted by atomic mass is 32.2. The maximum absolute atomic E-state index is 11.8. The van der Waals surface area contributed by atoms with Crippen LogP contribution < -0.4 is 4.72 Å². The van der Waals surface area contributed by atoms with Crippen LogP contribution in [0.5, 0.6) is 0 Å². The molecule has 0 aromatic carbocycles. The number of amides is 1. The molecular weight excluding hydrogens is 244 g/mol. The standard InChI is InChI=1S/C10H20N2O4S/c1-8-6-12(7-9(2)16-8)10(13)4-5-11-17(3,14)15/h8-9,11H,4-7H2,1-3H3/t8-,9-/m1/s1. The van der Waals surface area contributed by atoms with Crippen molar-refractivity contribution in [2.45, 2.75) is 32.5 Å². The summed E-state index contributed by atoms with van der Waals surface area (Å²) in [5, 5.41) is 0. The summed E-state index contributed by atoms with van der Waals surface area (Å²) in [4.78, 5) is 13.5. The van der Waals surface area contributed by atoms with Gasteiger partial charge in [0.25, 0.3) is 0 Å². The van der Waals surface area contributed by atoms with E-state index in [0.717, 1.165) is 6.26 Å². The minimum absolute atomic E-state index is 0.0329. The van der Waals surface area contributed by atoms with Crippen molar-refractivity contribution >= 4 is 15.9 Å². The molecule has 0 aromatic heterocycles. The molecule has 0 unspecified atom stereocenters. The average Bonchev–Trinajstić information content (AvgIpc) is 2.13. The van der Waals surface area contributed by atoms with Crippen molar-refractivity contribution in [2.75, 3.05) is 25.9 Å². The maximum atomic E-state index is 11.8. The Morgan fingerprint density at radius 3 is 2.35 bits per heavy atom. The molecule has 1 fully saturated rings. The summed E-state index contributed by atoms with van der Waals surface area (Å²) in [5.41, 5.74) is 0. The van der Waals surface area contributed by atoms with Gasteiger partial charge in [-0.05, 0) is 13.8 Å². The second-order valence-corrected chi connectivity index (χ2v) is 6.31. The van der Waals surface area contributed by atoms with Gasteiger partial charge >= 0.3 is 0 Å². The third-order valence-corrected chi connectivity index (χ3v) is 3.20. The molecule has 1 amide bonds. The molecule has 7 heteroatoms. The van der Waals surface area contributed by atoms with Crippen LogP contribution >= 0.6 is 0 Å². The Morgan fingerprint density at radius 2 is 1.88 bits per heavy atom. The topological polar surface area (TPSA) is 75.7 Å². The molecule has 0 spiro atoms. The maximum Gasteiger partial charge on any atom is 0.224 e. The predicted octanol–water partition coefficient (Wildman–Crippen LogP) is -0.438. The van der Waals surface area contributed by atoms with E-state index in [1.807, 2.05) is 13.8 Å². The molecule has 1 saturated heterocycles. The first kappa shape index (κ1) is 14.4. The van der Waals surface area contributed by atoms with Gasteiger partial charge in [-0.1, -0.05) is 0 Å². The van der Waals surface area contributed by atoms with Gasteiger partial charge in [0.05, 0.1) is 18.5 Å². The lowest BCUT2D eigenvalue weighted by Crippen LogP contribution is -2.48. The molecule has 0 saturated carbocycles. The molecule has 0 aromatic rings. The van der Waals surface area contributed by atoms with Crippen LogP contribution in [0.25, 0.3) is 0 Å². The first-order valence-electron chi connectivity index (χ1n) is 5.66. The SMILES string of the molecule is C[C@@H]1CN(C(=O)CCNS(C)(=O)=O)C[C@@H](C)O1. The molecule has 0 aliphatic carbocycles. The van der Waals surface area contributed by atoms with Crippen LogP contribution in [-0.4, -0.2) is 57.3 Å². The third kappa shape index (κ3) is 5.47. The fourth-order valence-corrected chi connectivity index (χ4v) is 2.36. The van der Waals surface area contributed by atoms with Gasteiger partial charge in [0, 0.05) is 26.1 Å². The van der Waals surface area contributed by atoms with Crippen LogP contribution in [0.15, 0.2) is 0 Å². The Morgan fingerprint density at radius 1 is 1.35 bits per heavy atom. The zero-order valence-corrected chi connectivity index (χ0v) is 11.3. The quantitative estimate of drug-likeness (QED) is 0.747. The smallest absolute Gasteiger partial charge is 0.224 e. The minimum atomic E-state index is -3.22. The van der Waals surface area contributed by atoms with Crippen LogP contribution in [0.1, 0.15) is 20.3 Å². The number of hydrogen-bond donors (Lipinski definition) is 1. The first-order valence-corrected chi connectivity index (χ1v) is 7.55. The van der Waals surface area contributed by atoms with Gasteiger partial charge in [-0.3, -0.25) is 4.79 Å². The van der Waals surface area contributed by atoms with Crippen molar-refractivity contribution in [3.05, 3.63) is 0 Å². The summed E-state index contributed by atoms with van der Waals surface area (Å²) < 4.78 is 29.5. The van der Waals surface area contributed by atoms with Crippen molar-refractivity contribution < 1.29 is 17.9 Å². The van der Waals surface area contributed by atoms with Gasteiger partial charge in [0.2, 0.25) is 15.9 Å². The number of rotatable bonds is 4. The lowest BCUT2D eigenvalue weighted by molar-refractivity contribution is -0.143. The summed E-state index contributed by atoms with van der Waals surface area (Å²) in [6.07, 6.45) is 1.33. The Kier molecular flexibility index (Phi) is 4.91. The van der Waals surface area contributed by atoms with E-state index < -0.39 is 10.0 Å². The van der Waals surface area contributed by atoms with E-state index in [2.05, 4.69) is 4.72 Å². The Balaban J connectivity index is 2.37. The van der Waals surface area contributed by atoms with Crippen molar-refractivity contribution in [3.8, 4) is 0 Å². The molecule has 0 bridgehead atoms. The van der Waals surface area contributed by atoms with E-state index in [1.165, 1.54) is 0 Å².